The molecule has 0 aliphatic heterocycles. The van der Waals surface area contributed by atoms with Crippen molar-refractivity contribution in [3.05, 3.63) is 28.2 Å². The summed E-state index contributed by atoms with van der Waals surface area (Å²) < 4.78 is 0.751. The van der Waals surface area contributed by atoms with Crippen molar-refractivity contribution in [2.45, 2.75) is 32.9 Å². The Bertz CT molecular complexity index is 301. The van der Waals surface area contributed by atoms with Crippen molar-refractivity contribution in [1.82, 2.24) is 5.32 Å². The van der Waals surface area contributed by atoms with Crippen LogP contribution in [-0.4, -0.2) is 11.1 Å². The fraction of sp³-hybridized carbons (Fsp3) is 0.455. The summed E-state index contributed by atoms with van der Waals surface area (Å²) in [5, 5.41) is 13.0. The van der Waals surface area contributed by atoms with Gasteiger partial charge in [0.25, 0.3) is 0 Å². The van der Waals surface area contributed by atoms with E-state index in [0.29, 0.717) is 18.3 Å². The number of aromatic hydroxyl groups is 1. The molecule has 1 aromatic rings. The molecule has 1 atom stereocenters. The monoisotopic (exact) mass is 257 g/mol. The average molecular weight is 258 g/mol. The van der Waals surface area contributed by atoms with Crippen LogP contribution in [0.2, 0.25) is 0 Å². The van der Waals surface area contributed by atoms with E-state index in [1.807, 2.05) is 18.2 Å². The molecule has 0 aromatic heterocycles. The summed E-state index contributed by atoms with van der Waals surface area (Å²) in [7, 11) is 0. The van der Waals surface area contributed by atoms with E-state index in [4.69, 9.17) is 0 Å². The lowest BCUT2D eigenvalue weighted by Gasteiger charge is -2.12. The van der Waals surface area contributed by atoms with Crippen LogP contribution >= 0.6 is 15.9 Å². The maximum atomic E-state index is 9.70. The van der Waals surface area contributed by atoms with Gasteiger partial charge in [0.2, 0.25) is 0 Å². The molecule has 0 aliphatic rings. The van der Waals surface area contributed by atoms with Crippen molar-refractivity contribution < 1.29 is 5.11 Å². The fourth-order valence-corrected chi connectivity index (χ4v) is 1.54. The smallest absolute Gasteiger partial charge is 0.134 e. The fourth-order valence-electron chi connectivity index (χ4n) is 1.13. The van der Waals surface area contributed by atoms with Crippen LogP contribution < -0.4 is 5.32 Å². The maximum Gasteiger partial charge on any atom is 0.134 e. The molecule has 0 bridgehead atoms. The van der Waals surface area contributed by atoms with Gasteiger partial charge in [-0.3, -0.25) is 0 Å². The van der Waals surface area contributed by atoms with Gasteiger partial charge in [-0.2, -0.15) is 0 Å². The van der Waals surface area contributed by atoms with Gasteiger partial charge in [0.15, 0.2) is 0 Å². The second kappa shape index (κ2) is 5.37. The second-order valence-corrected chi connectivity index (χ2v) is 4.29. The molecule has 0 spiro atoms. The van der Waals surface area contributed by atoms with E-state index < -0.39 is 0 Å². The van der Waals surface area contributed by atoms with Crippen LogP contribution in [0.4, 0.5) is 0 Å². The van der Waals surface area contributed by atoms with Crippen LogP contribution in [0.15, 0.2) is 22.7 Å². The molecular formula is C11H16BrNO. The molecule has 2 nitrogen and oxygen atoms in total. The molecule has 0 amide bonds. The zero-order valence-electron chi connectivity index (χ0n) is 8.55. The molecule has 3 heteroatoms. The highest BCUT2D eigenvalue weighted by Gasteiger charge is 2.05. The van der Waals surface area contributed by atoms with Crippen molar-refractivity contribution in [3.63, 3.8) is 0 Å². The summed E-state index contributed by atoms with van der Waals surface area (Å²) >= 11 is 3.29. The molecule has 1 unspecified atom stereocenters. The Hall–Kier alpha value is -0.540. The predicted octanol–water partition coefficient (Wildman–Crippen LogP) is 3.04. The number of para-hydroxylation sites is 1. The van der Waals surface area contributed by atoms with Gasteiger partial charge in [0, 0.05) is 18.2 Å². The van der Waals surface area contributed by atoms with Crippen molar-refractivity contribution in [2.24, 2.45) is 0 Å². The third-order valence-electron chi connectivity index (χ3n) is 2.32. The Kier molecular flexibility index (Phi) is 4.42. The zero-order chi connectivity index (χ0) is 10.6. The van der Waals surface area contributed by atoms with E-state index >= 15 is 0 Å². The number of hydrogen-bond donors (Lipinski definition) is 2. The summed E-state index contributed by atoms with van der Waals surface area (Å²) in [6, 6.07) is 6.17. The van der Waals surface area contributed by atoms with E-state index in [9.17, 15) is 5.11 Å². The SMILES string of the molecule is CCC(C)NCc1cccc(Br)c1O. The highest BCUT2D eigenvalue weighted by Crippen LogP contribution is 2.27. The van der Waals surface area contributed by atoms with Gasteiger partial charge in [0.05, 0.1) is 4.47 Å². The molecule has 1 aromatic carbocycles. The largest absolute Gasteiger partial charge is 0.506 e. The Morgan fingerprint density at radius 1 is 1.50 bits per heavy atom. The second-order valence-electron chi connectivity index (χ2n) is 3.44. The molecule has 0 aliphatic carbocycles. The Morgan fingerprint density at radius 2 is 2.21 bits per heavy atom. The van der Waals surface area contributed by atoms with E-state index in [1.54, 1.807) is 0 Å². The first-order valence-corrected chi connectivity index (χ1v) is 5.64. The quantitative estimate of drug-likeness (QED) is 0.870. The first kappa shape index (κ1) is 11.5. The minimum atomic E-state index is 0.336. The minimum Gasteiger partial charge on any atom is -0.506 e. The summed E-state index contributed by atoms with van der Waals surface area (Å²) in [5.41, 5.74) is 0.930. The van der Waals surface area contributed by atoms with Crippen molar-refractivity contribution in [2.75, 3.05) is 0 Å². The van der Waals surface area contributed by atoms with Crippen LogP contribution in [-0.2, 0) is 6.54 Å². The summed E-state index contributed by atoms with van der Waals surface area (Å²) in [6.07, 6.45) is 1.09. The summed E-state index contributed by atoms with van der Waals surface area (Å²) in [6.45, 7) is 4.98. The molecule has 0 saturated carbocycles. The molecule has 2 N–H and O–H groups in total. The molecular weight excluding hydrogens is 242 g/mol. The van der Waals surface area contributed by atoms with Gasteiger partial charge in [-0.1, -0.05) is 19.1 Å². The number of hydrogen-bond acceptors (Lipinski definition) is 2. The number of halogens is 1. The van der Waals surface area contributed by atoms with Crippen LogP contribution in [0.1, 0.15) is 25.8 Å². The van der Waals surface area contributed by atoms with Crippen molar-refractivity contribution >= 4 is 15.9 Å². The zero-order valence-corrected chi connectivity index (χ0v) is 10.1. The number of rotatable bonds is 4. The molecule has 0 saturated heterocycles. The lowest BCUT2D eigenvalue weighted by atomic mass is 10.2. The Morgan fingerprint density at radius 3 is 2.86 bits per heavy atom. The standard InChI is InChI=1S/C11H16BrNO/c1-3-8(2)13-7-9-5-4-6-10(12)11(9)14/h4-6,8,13-14H,3,7H2,1-2H3. The van der Waals surface area contributed by atoms with Gasteiger partial charge in [-0.25, -0.2) is 0 Å². The van der Waals surface area contributed by atoms with Gasteiger partial charge < -0.3 is 10.4 Å². The van der Waals surface area contributed by atoms with Crippen molar-refractivity contribution in [1.29, 1.82) is 0 Å². The van der Waals surface area contributed by atoms with Crippen LogP contribution in [0.3, 0.4) is 0 Å². The van der Waals surface area contributed by atoms with E-state index in [-0.39, 0.29) is 0 Å². The van der Waals surface area contributed by atoms with E-state index in [1.165, 1.54) is 0 Å². The van der Waals surface area contributed by atoms with Gasteiger partial charge in [0.1, 0.15) is 5.75 Å². The number of phenolic OH excluding ortho intramolecular Hbond substituents is 1. The Balaban J connectivity index is 2.63. The highest BCUT2D eigenvalue weighted by molar-refractivity contribution is 9.10. The minimum absolute atomic E-state index is 0.336. The number of benzene rings is 1. The third-order valence-corrected chi connectivity index (χ3v) is 2.96. The van der Waals surface area contributed by atoms with Crippen LogP contribution in [0, 0.1) is 0 Å². The lowest BCUT2D eigenvalue weighted by Crippen LogP contribution is -2.24. The van der Waals surface area contributed by atoms with Gasteiger partial charge in [-0.05, 0) is 35.3 Å². The molecule has 78 valence electrons. The number of phenols is 1. The number of nitrogens with one attached hydrogen (secondary N) is 1. The lowest BCUT2D eigenvalue weighted by molar-refractivity contribution is 0.454. The average Bonchev–Trinajstić information content (AvgIpc) is 2.20. The van der Waals surface area contributed by atoms with Gasteiger partial charge in [-0.15, -0.1) is 0 Å². The highest BCUT2D eigenvalue weighted by atomic mass is 79.9. The first-order chi connectivity index (χ1) is 6.65. The predicted molar refractivity (Wildman–Crippen MR) is 62.4 cm³/mol. The molecule has 14 heavy (non-hydrogen) atoms. The molecule has 0 radical (unpaired) electrons. The van der Waals surface area contributed by atoms with Crippen LogP contribution in [0.25, 0.3) is 0 Å². The van der Waals surface area contributed by atoms with Crippen LogP contribution in [0.5, 0.6) is 5.75 Å². The molecule has 0 heterocycles. The topological polar surface area (TPSA) is 32.3 Å². The molecule has 1 rings (SSSR count). The van der Waals surface area contributed by atoms with Gasteiger partial charge >= 0.3 is 0 Å². The van der Waals surface area contributed by atoms with E-state index in [2.05, 4.69) is 35.1 Å². The summed E-state index contributed by atoms with van der Waals surface area (Å²) in [4.78, 5) is 0. The maximum absolute atomic E-state index is 9.70. The van der Waals surface area contributed by atoms with Crippen molar-refractivity contribution in [3.8, 4) is 5.75 Å². The normalized spacial score (nSPS) is 12.8. The third kappa shape index (κ3) is 3.00. The molecule has 0 fully saturated rings. The van der Waals surface area contributed by atoms with E-state index in [0.717, 1.165) is 16.5 Å². The summed E-state index contributed by atoms with van der Waals surface area (Å²) in [5.74, 6) is 0.336. The Labute approximate surface area is 93.5 Å². The first-order valence-electron chi connectivity index (χ1n) is 4.85.